The Labute approximate surface area is 104 Å². The van der Waals surface area contributed by atoms with E-state index < -0.39 is 11.6 Å². The van der Waals surface area contributed by atoms with E-state index in [1.165, 1.54) is 13.2 Å². The number of hydrogen-bond donors (Lipinski definition) is 1. The van der Waals surface area contributed by atoms with Crippen LogP contribution in [-0.4, -0.2) is 26.2 Å². The molecule has 1 aromatic rings. The largest absolute Gasteiger partial charge is 0.382 e. The highest BCUT2D eigenvalue weighted by Gasteiger charge is 2.05. The Morgan fingerprint density at radius 2 is 2.06 bits per heavy atom. The maximum atomic E-state index is 12.9. The molecule has 1 N–H and O–H groups in total. The molecule has 1 aromatic carbocycles. The lowest BCUT2D eigenvalue weighted by Gasteiger charge is -2.05. The van der Waals surface area contributed by atoms with Crippen molar-refractivity contribution in [3.05, 3.63) is 35.4 Å². The number of ether oxygens (including phenoxy) is 1. The monoisotopic (exact) mass is 259 g/mol. The Morgan fingerprint density at radius 3 is 2.72 bits per heavy atom. The van der Waals surface area contributed by atoms with Crippen LogP contribution in [0.25, 0.3) is 0 Å². The SMILES string of the molecule is COCCONC(=O)CCc1ccc(F)c(F)c1. The normalized spacial score (nSPS) is 10.4. The molecule has 0 spiro atoms. The van der Waals surface area contributed by atoms with Gasteiger partial charge in [-0.25, -0.2) is 14.3 Å². The smallest absolute Gasteiger partial charge is 0.243 e. The first-order chi connectivity index (χ1) is 8.63. The second kappa shape index (κ2) is 7.73. The highest BCUT2D eigenvalue weighted by Crippen LogP contribution is 2.10. The van der Waals surface area contributed by atoms with E-state index in [1.807, 2.05) is 0 Å². The lowest BCUT2D eigenvalue weighted by atomic mass is 10.1. The summed E-state index contributed by atoms with van der Waals surface area (Å²) in [4.78, 5) is 16.1. The molecule has 0 aliphatic rings. The molecule has 0 atom stereocenters. The van der Waals surface area contributed by atoms with E-state index in [1.54, 1.807) is 0 Å². The van der Waals surface area contributed by atoms with Crippen molar-refractivity contribution < 1.29 is 23.1 Å². The van der Waals surface area contributed by atoms with Gasteiger partial charge in [0.05, 0.1) is 13.2 Å². The van der Waals surface area contributed by atoms with Gasteiger partial charge in [-0.05, 0) is 24.1 Å². The van der Waals surface area contributed by atoms with Gasteiger partial charge < -0.3 is 4.74 Å². The van der Waals surface area contributed by atoms with Crippen LogP contribution in [0.1, 0.15) is 12.0 Å². The number of amides is 1. The third-order valence-corrected chi connectivity index (χ3v) is 2.20. The van der Waals surface area contributed by atoms with Gasteiger partial charge in [-0.1, -0.05) is 6.07 Å². The van der Waals surface area contributed by atoms with Crippen LogP contribution in [0.5, 0.6) is 0 Å². The van der Waals surface area contributed by atoms with Crippen molar-refractivity contribution in [2.75, 3.05) is 20.3 Å². The molecule has 1 amide bonds. The fourth-order valence-electron chi connectivity index (χ4n) is 1.26. The number of aryl methyl sites for hydroxylation is 1. The molecule has 0 saturated heterocycles. The Morgan fingerprint density at radius 1 is 1.28 bits per heavy atom. The Hall–Kier alpha value is -1.53. The van der Waals surface area contributed by atoms with Crippen LogP contribution in [0.15, 0.2) is 18.2 Å². The fraction of sp³-hybridized carbons (Fsp3) is 0.417. The Balaban J connectivity index is 2.27. The summed E-state index contributed by atoms with van der Waals surface area (Å²) in [6.07, 6.45) is 0.453. The van der Waals surface area contributed by atoms with Crippen LogP contribution in [0.3, 0.4) is 0 Å². The molecule has 0 bridgehead atoms. The molecule has 18 heavy (non-hydrogen) atoms. The molecule has 6 heteroatoms. The van der Waals surface area contributed by atoms with Crippen molar-refractivity contribution >= 4 is 5.91 Å². The third kappa shape index (κ3) is 5.20. The number of methoxy groups -OCH3 is 1. The highest BCUT2D eigenvalue weighted by atomic mass is 19.2. The molecular weight excluding hydrogens is 244 g/mol. The number of benzene rings is 1. The molecule has 0 aliphatic heterocycles. The van der Waals surface area contributed by atoms with Crippen LogP contribution in [-0.2, 0) is 20.8 Å². The van der Waals surface area contributed by atoms with Gasteiger partial charge in [0, 0.05) is 13.5 Å². The average molecular weight is 259 g/mol. The molecule has 4 nitrogen and oxygen atoms in total. The Kier molecular flexibility index (Phi) is 6.24. The van der Waals surface area contributed by atoms with Crippen molar-refractivity contribution in [2.45, 2.75) is 12.8 Å². The summed E-state index contributed by atoms with van der Waals surface area (Å²) < 4.78 is 30.3. The molecule has 1 rings (SSSR count). The third-order valence-electron chi connectivity index (χ3n) is 2.20. The van der Waals surface area contributed by atoms with Gasteiger partial charge >= 0.3 is 0 Å². The summed E-state index contributed by atoms with van der Waals surface area (Å²) >= 11 is 0. The van der Waals surface area contributed by atoms with Gasteiger partial charge in [-0.15, -0.1) is 0 Å². The predicted octanol–water partition coefficient (Wildman–Crippen LogP) is 1.59. The first-order valence-electron chi connectivity index (χ1n) is 5.47. The van der Waals surface area contributed by atoms with E-state index in [0.29, 0.717) is 18.6 Å². The number of hydroxylamine groups is 1. The average Bonchev–Trinajstić information content (AvgIpc) is 2.36. The minimum atomic E-state index is -0.913. The lowest BCUT2D eigenvalue weighted by molar-refractivity contribution is -0.134. The van der Waals surface area contributed by atoms with Crippen LogP contribution in [0.2, 0.25) is 0 Å². The minimum absolute atomic E-state index is 0.137. The molecule has 0 aliphatic carbocycles. The first-order valence-corrected chi connectivity index (χ1v) is 5.47. The number of nitrogens with one attached hydrogen (secondary N) is 1. The van der Waals surface area contributed by atoms with Crippen molar-refractivity contribution in [3.63, 3.8) is 0 Å². The summed E-state index contributed by atoms with van der Waals surface area (Å²) in [5, 5.41) is 0. The lowest BCUT2D eigenvalue weighted by Crippen LogP contribution is -2.25. The molecule has 0 aromatic heterocycles. The number of hydrogen-bond acceptors (Lipinski definition) is 3. The van der Waals surface area contributed by atoms with Gasteiger partial charge in [0.15, 0.2) is 11.6 Å². The van der Waals surface area contributed by atoms with Gasteiger partial charge in [0.1, 0.15) is 0 Å². The molecular formula is C12H15F2NO3. The molecule has 0 heterocycles. The van der Waals surface area contributed by atoms with E-state index in [-0.39, 0.29) is 18.9 Å². The maximum Gasteiger partial charge on any atom is 0.243 e. The topological polar surface area (TPSA) is 47.6 Å². The van der Waals surface area contributed by atoms with Crippen LogP contribution < -0.4 is 5.48 Å². The van der Waals surface area contributed by atoms with E-state index in [2.05, 4.69) is 5.48 Å². The van der Waals surface area contributed by atoms with E-state index in [9.17, 15) is 13.6 Å². The maximum absolute atomic E-state index is 12.9. The number of carbonyl (C=O) groups excluding carboxylic acids is 1. The van der Waals surface area contributed by atoms with Gasteiger partial charge in [-0.2, -0.15) is 0 Å². The highest BCUT2D eigenvalue weighted by molar-refractivity contribution is 5.75. The van der Waals surface area contributed by atoms with Crippen molar-refractivity contribution in [3.8, 4) is 0 Å². The van der Waals surface area contributed by atoms with Crippen LogP contribution in [0.4, 0.5) is 8.78 Å². The fourth-order valence-corrected chi connectivity index (χ4v) is 1.26. The minimum Gasteiger partial charge on any atom is -0.382 e. The first kappa shape index (κ1) is 14.5. The zero-order valence-electron chi connectivity index (χ0n) is 10.0. The van der Waals surface area contributed by atoms with E-state index in [0.717, 1.165) is 12.1 Å². The summed E-state index contributed by atoms with van der Waals surface area (Å²) in [7, 11) is 1.52. The zero-order chi connectivity index (χ0) is 13.4. The number of halogens is 2. The molecule has 0 saturated carbocycles. The van der Waals surface area contributed by atoms with E-state index in [4.69, 9.17) is 9.57 Å². The second-order valence-electron chi connectivity index (χ2n) is 3.61. The molecule has 0 radical (unpaired) electrons. The summed E-state index contributed by atoms with van der Waals surface area (Å²) in [6, 6.07) is 3.56. The van der Waals surface area contributed by atoms with Gasteiger partial charge in [-0.3, -0.25) is 9.63 Å². The second-order valence-corrected chi connectivity index (χ2v) is 3.61. The predicted molar refractivity (Wildman–Crippen MR) is 60.6 cm³/mol. The van der Waals surface area contributed by atoms with Crippen LogP contribution in [0, 0.1) is 11.6 Å². The van der Waals surface area contributed by atoms with Gasteiger partial charge in [0.25, 0.3) is 0 Å². The quantitative estimate of drug-likeness (QED) is 0.597. The van der Waals surface area contributed by atoms with E-state index >= 15 is 0 Å². The summed E-state index contributed by atoms with van der Waals surface area (Å²) in [6.45, 7) is 0.636. The van der Waals surface area contributed by atoms with Crippen molar-refractivity contribution in [1.29, 1.82) is 0 Å². The molecule has 100 valence electrons. The van der Waals surface area contributed by atoms with Crippen LogP contribution >= 0.6 is 0 Å². The Bertz CT molecular complexity index is 399. The molecule has 0 unspecified atom stereocenters. The summed E-state index contributed by atoms with van der Waals surface area (Å²) in [5.41, 5.74) is 2.78. The summed E-state index contributed by atoms with van der Waals surface area (Å²) in [5.74, 6) is -2.13. The number of carbonyl (C=O) groups is 1. The van der Waals surface area contributed by atoms with Crippen molar-refractivity contribution in [1.82, 2.24) is 5.48 Å². The van der Waals surface area contributed by atoms with Gasteiger partial charge in [0.2, 0.25) is 5.91 Å². The molecule has 0 fully saturated rings. The zero-order valence-corrected chi connectivity index (χ0v) is 10.0. The van der Waals surface area contributed by atoms with Crippen molar-refractivity contribution in [2.24, 2.45) is 0 Å². The number of rotatable bonds is 7. The standard InChI is InChI=1S/C12H15F2NO3/c1-17-6-7-18-15-12(16)5-3-9-2-4-10(13)11(14)8-9/h2,4,8H,3,5-7H2,1H3,(H,15,16).